The number of primary amides is 1. The third-order valence-electron chi connectivity index (χ3n) is 3.07. The molecule has 6 nitrogen and oxygen atoms in total. The molecule has 1 aromatic heterocycles. The molecule has 2 amide bonds. The number of hydrogen-bond donors (Lipinski definition) is 1. The quantitative estimate of drug-likeness (QED) is 0.858. The highest BCUT2D eigenvalue weighted by Gasteiger charge is 2.32. The molecule has 0 bridgehead atoms. The van der Waals surface area contributed by atoms with Gasteiger partial charge >= 0.3 is 0 Å². The minimum absolute atomic E-state index is 0.0672. The van der Waals surface area contributed by atoms with Gasteiger partial charge in [0, 0.05) is 0 Å². The molecule has 0 spiro atoms. The molecule has 0 unspecified atom stereocenters. The first-order valence-electron chi connectivity index (χ1n) is 5.86. The summed E-state index contributed by atoms with van der Waals surface area (Å²) in [6.45, 7) is 0.286. The Morgan fingerprint density at radius 3 is 2.74 bits per heavy atom. The Labute approximate surface area is 109 Å². The predicted molar refractivity (Wildman–Crippen MR) is 67.5 cm³/mol. The van der Waals surface area contributed by atoms with Crippen molar-refractivity contribution < 1.29 is 9.59 Å². The molecule has 2 heterocycles. The summed E-state index contributed by atoms with van der Waals surface area (Å²) in [5.41, 5.74) is 7.34. The van der Waals surface area contributed by atoms with Gasteiger partial charge in [-0.3, -0.25) is 9.59 Å². The lowest BCUT2D eigenvalue weighted by Crippen LogP contribution is -2.34. The molecule has 1 aromatic carbocycles. The van der Waals surface area contributed by atoms with Gasteiger partial charge < -0.3 is 10.6 Å². The zero-order valence-electron chi connectivity index (χ0n) is 10.1. The van der Waals surface area contributed by atoms with E-state index in [4.69, 9.17) is 5.73 Å². The topological polar surface area (TPSA) is 81.2 Å². The standard InChI is InChI=1S/C13H12N4O2/c14-12(18)8-16-7-11-10(13(16)19)6-15-17(11)9-4-2-1-3-5-9/h1-6H,7-8H2,(H2,14,18). The van der Waals surface area contributed by atoms with Crippen LogP contribution in [0.15, 0.2) is 36.5 Å². The summed E-state index contributed by atoms with van der Waals surface area (Å²) in [5.74, 6) is -0.714. The lowest BCUT2D eigenvalue weighted by Gasteiger charge is -2.13. The zero-order chi connectivity index (χ0) is 13.4. The average molecular weight is 256 g/mol. The van der Waals surface area contributed by atoms with Crippen molar-refractivity contribution in [1.29, 1.82) is 0 Å². The molecule has 6 heteroatoms. The van der Waals surface area contributed by atoms with Gasteiger partial charge in [-0.1, -0.05) is 18.2 Å². The number of fused-ring (bicyclic) bond motifs is 1. The van der Waals surface area contributed by atoms with Gasteiger partial charge in [0.2, 0.25) is 5.91 Å². The van der Waals surface area contributed by atoms with Crippen LogP contribution in [-0.2, 0) is 11.3 Å². The maximum absolute atomic E-state index is 12.0. The number of carbonyl (C=O) groups is 2. The van der Waals surface area contributed by atoms with Gasteiger partial charge in [0.05, 0.1) is 29.7 Å². The van der Waals surface area contributed by atoms with Gasteiger partial charge in [0.25, 0.3) is 5.91 Å². The molecule has 0 fully saturated rings. The van der Waals surface area contributed by atoms with Gasteiger partial charge in [-0.15, -0.1) is 0 Å². The Hall–Kier alpha value is -2.63. The number of nitrogens with two attached hydrogens (primary N) is 1. The van der Waals surface area contributed by atoms with E-state index in [0.717, 1.165) is 11.4 Å². The zero-order valence-corrected chi connectivity index (χ0v) is 10.1. The van der Waals surface area contributed by atoms with Crippen molar-refractivity contribution in [2.45, 2.75) is 6.54 Å². The molecule has 3 rings (SSSR count). The van der Waals surface area contributed by atoms with Gasteiger partial charge in [-0.25, -0.2) is 4.68 Å². The van der Waals surface area contributed by atoms with Crippen LogP contribution >= 0.6 is 0 Å². The summed E-state index contributed by atoms with van der Waals surface area (Å²) >= 11 is 0. The Kier molecular flexibility index (Phi) is 2.56. The van der Waals surface area contributed by atoms with Crippen molar-refractivity contribution in [2.24, 2.45) is 5.73 Å². The molecule has 1 aliphatic heterocycles. The second kappa shape index (κ2) is 4.24. The Balaban J connectivity index is 1.97. The van der Waals surface area contributed by atoms with E-state index in [2.05, 4.69) is 5.10 Å². The van der Waals surface area contributed by atoms with Crippen molar-refractivity contribution in [3.05, 3.63) is 47.8 Å². The molecule has 0 atom stereocenters. The van der Waals surface area contributed by atoms with Crippen LogP contribution < -0.4 is 5.73 Å². The van der Waals surface area contributed by atoms with Crippen LogP contribution in [0.3, 0.4) is 0 Å². The number of para-hydroxylation sites is 1. The van der Waals surface area contributed by atoms with Crippen molar-refractivity contribution in [3.63, 3.8) is 0 Å². The Morgan fingerprint density at radius 2 is 2.05 bits per heavy atom. The van der Waals surface area contributed by atoms with E-state index >= 15 is 0 Å². The molecule has 0 saturated carbocycles. The fourth-order valence-electron chi connectivity index (χ4n) is 2.24. The average Bonchev–Trinajstić information content (AvgIpc) is 2.92. The first-order chi connectivity index (χ1) is 9.16. The summed E-state index contributed by atoms with van der Waals surface area (Å²) < 4.78 is 1.72. The second-order valence-corrected chi connectivity index (χ2v) is 4.38. The lowest BCUT2D eigenvalue weighted by molar-refractivity contribution is -0.118. The van der Waals surface area contributed by atoms with Crippen LogP contribution in [0, 0.1) is 0 Å². The highest BCUT2D eigenvalue weighted by molar-refractivity contribution is 5.99. The predicted octanol–water partition coefficient (Wildman–Crippen LogP) is 0.313. The Bertz CT molecular complexity index is 648. The molecule has 0 radical (unpaired) electrons. The van der Waals surface area contributed by atoms with E-state index in [-0.39, 0.29) is 12.5 Å². The minimum Gasteiger partial charge on any atom is -0.368 e. The summed E-state index contributed by atoms with van der Waals surface area (Å²) in [5, 5.41) is 4.23. The molecular weight excluding hydrogens is 244 g/mol. The molecule has 2 N–H and O–H groups in total. The van der Waals surface area contributed by atoms with Crippen LogP contribution in [0.1, 0.15) is 16.1 Å². The summed E-state index contributed by atoms with van der Waals surface area (Å²) in [4.78, 5) is 24.4. The molecular formula is C13H12N4O2. The van der Waals surface area contributed by atoms with E-state index in [1.807, 2.05) is 30.3 Å². The number of amides is 2. The highest BCUT2D eigenvalue weighted by Crippen LogP contribution is 2.24. The summed E-state index contributed by atoms with van der Waals surface area (Å²) in [6.07, 6.45) is 1.53. The van der Waals surface area contributed by atoms with Gasteiger partial charge in [-0.2, -0.15) is 5.10 Å². The van der Waals surface area contributed by atoms with Gasteiger partial charge in [0.15, 0.2) is 0 Å². The summed E-state index contributed by atoms with van der Waals surface area (Å²) in [6, 6.07) is 9.55. The van der Waals surface area contributed by atoms with E-state index in [0.29, 0.717) is 12.1 Å². The minimum atomic E-state index is -0.516. The van der Waals surface area contributed by atoms with Crippen molar-refractivity contribution >= 4 is 11.8 Å². The van der Waals surface area contributed by atoms with Crippen LogP contribution in [0.2, 0.25) is 0 Å². The SMILES string of the molecule is NC(=O)CN1Cc2c(cnn2-c2ccccc2)C1=O. The van der Waals surface area contributed by atoms with Gasteiger partial charge in [0.1, 0.15) is 6.54 Å². The van der Waals surface area contributed by atoms with Crippen LogP contribution in [0.25, 0.3) is 5.69 Å². The molecule has 0 saturated heterocycles. The fraction of sp³-hybridized carbons (Fsp3) is 0.154. The first kappa shape index (κ1) is 11.5. The normalized spacial score (nSPS) is 13.7. The number of aromatic nitrogens is 2. The number of hydrogen-bond acceptors (Lipinski definition) is 3. The number of rotatable bonds is 3. The molecule has 2 aromatic rings. The van der Waals surface area contributed by atoms with Gasteiger partial charge in [-0.05, 0) is 12.1 Å². The van der Waals surface area contributed by atoms with Crippen LogP contribution in [-0.4, -0.2) is 33.0 Å². The molecule has 19 heavy (non-hydrogen) atoms. The number of carbonyl (C=O) groups excluding carboxylic acids is 2. The second-order valence-electron chi connectivity index (χ2n) is 4.38. The fourth-order valence-corrected chi connectivity index (χ4v) is 2.24. The van der Waals surface area contributed by atoms with Crippen LogP contribution in [0.4, 0.5) is 0 Å². The Morgan fingerprint density at radius 1 is 1.32 bits per heavy atom. The first-order valence-corrected chi connectivity index (χ1v) is 5.86. The van der Waals surface area contributed by atoms with Crippen molar-refractivity contribution in [3.8, 4) is 5.69 Å². The monoisotopic (exact) mass is 256 g/mol. The van der Waals surface area contributed by atoms with Crippen LogP contribution in [0.5, 0.6) is 0 Å². The lowest BCUT2D eigenvalue weighted by atomic mass is 10.2. The van der Waals surface area contributed by atoms with E-state index in [1.54, 1.807) is 4.68 Å². The third-order valence-corrected chi connectivity index (χ3v) is 3.07. The number of nitrogens with zero attached hydrogens (tertiary/aromatic N) is 3. The van der Waals surface area contributed by atoms with E-state index in [9.17, 15) is 9.59 Å². The molecule has 0 aliphatic carbocycles. The smallest absolute Gasteiger partial charge is 0.258 e. The largest absolute Gasteiger partial charge is 0.368 e. The third kappa shape index (κ3) is 1.87. The number of benzene rings is 1. The maximum atomic E-state index is 12.0. The van der Waals surface area contributed by atoms with Crippen molar-refractivity contribution in [2.75, 3.05) is 6.54 Å². The van der Waals surface area contributed by atoms with Crippen molar-refractivity contribution in [1.82, 2.24) is 14.7 Å². The molecule has 1 aliphatic rings. The summed E-state index contributed by atoms with van der Waals surface area (Å²) in [7, 11) is 0. The molecule has 96 valence electrons. The maximum Gasteiger partial charge on any atom is 0.258 e. The highest BCUT2D eigenvalue weighted by atomic mass is 16.2. The van der Waals surface area contributed by atoms with E-state index in [1.165, 1.54) is 11.1 Å². The van der Waals surface area contributed by atoms with E-state index < -0.39 is 5.91 Å².